The third kappa shape index (κ3) is 8.35. The summed E-state index contributed by atoms with van der Waals surface area (Å²) >= 11 is 0. The molecule has 0 aromatic carbocycles. The average molecular weight is 248 g/mol. The van der Waals surface area contributed by atoms with Gasteiger partial charge in [0.2, 0.25) is 0 Å². The Morgan fingerprint density at radius 3 is 2.25 bits per heavy atom. The quantitative estimate of drug-likeness (QED) is 0.512. The highest BCUT2D eigenvalue weighted by Gasteiger charge is 2.17. The van der Waals surface area contributed by atoms with Crippen molar-refractivity contribution >= 4 is 7.37 Å². The third-order valence-electron chi connectivity index (χ3n) is 3.04. The SMILES string of the molecule is CCCCC(CC)COP(C)(=O)CCCC. The molecule has 0 fully saturated rings. The van der Waals surface area contributed by atoms with E-state index in [1.165, 1.54) is 19.3 Å². The van der Waals surface area contributed by atoms with E-state index in [1.54, 1.807) is 6.66 Å². The molecule has 0 amide bonds. The van der Waals surface area contributed by atoms with E-state index in [2.05, 4.69) is 20.8 Å². The standard InChI is InChI=1S/C13H29O2P/c1-5-8-10-13(7-3)12-15-16(4,14)11-9-6-2/h13H,5-12H2,1-4H3. The lowest BCUT2D eigenvalue weighted by atomic mass is 10.0. The summed E-state index contributed by atoms with van der Waals surface area (Å²) in [7, 11) is -2.31. The average Bonchev–Trinajstić information content (AvgIpc) is 2.27. The van der Waals surface area contributed by atoms with E-state index in [0.717, 1.165) is 25.4 Å². The summed E-state index contributed by atoms with van der Waals surface area (Å²) in [5, 5.41) is 0. The van der Waals surface area contributed by atoms with Crippen molar-refractivity contribution in [3.63, 3.8) is 0 Å². The zero-order valence-electron chi connectivity index (χ0n) is 11.5. The van der Waals surface area contributed by atoms with E-state index in [-0.39, 0.29) is 0 Å². The van der Waals surface area contributed by atoms with Crippen LogP contribution in [0, 0.1) is 5.92 Å². The Kier molecular flexibility index (Phi) is 9.35. The van der Waals surface area contributed by atoms with Gasteiger partial charge in [0.25, 0.3) is 0 Å². The molecule has 3 heteroatoms. The lowest BCUT2D eigenvalue weighted by molar-refractivity contribution is 0.236. The second-order valence-corrected chi connectivity index (χ2v) is 7.54. The highest BCUT2D eigenvalue weighted by Crippen LogP contribution is 2.44. The lowest BCUT2D eigenvalue weighted by Gasteiger charge is -2.19. The molecule has 2 unspecified atom stereocenters. The number of hydrogen-bond donors (Lipinski definition) is 0. The second-order valence-electron chi connectivity index (χ2n) is 4.80. The Hall–Kier alpha value is 0.190. The fraction of sp³-hybridized carbons (Fsp3) is 1.00. The molecule has 0 N–H and O–H groups in total. The fourth-order valence-electron chi connectivity index (χ4n) is 1.67. The highest BCUT2D eigenvalue weighted by molar-refractivity contribution is 7.58. The van der Waals surface area contributed by atoms with Crippen molar-refractivity contribution in [1.82, 2.24) is 0 Å². The van der Waals surface area contributed by atoms with Gasteiger partial charge in [-0.05, 0) is 18.8 Å². The zero-order valence-corrected chi connectivity index (χ0v) is 12.4. The van der Waals surface area contributed by atoms with Crippen molar-refractivity contribution in [3.05, 3.63) is 0 Å². The first-order chi connectivity index (χ1) is 7.55. The minimum atomic E-state index is -2.31. The van der Waals surface area contributed by atoms with Crippen LogP contribution in [0.3, 0.4) is 0 Å². The van der Waals surface area contributed by atoms with Crippen molar-refractivity contribution in [2.45, 2.75) is 59.3 Å². The molecule has 0 aliphatic carbocycles. The molecule has 2 nitrogen and oxygen atoms in total. The number of hydrogen-bond acceptors (Lipinski definition) is 2. The van der Waals surface area contributed by atoms with Crippen molar-refractivity contribution in [2.24, 2.45) is 5.92 Å². The molecule has 0 rings (SSSR count). The summed E-state index contributed by atoms with van der Waals surface area (Å²) in [5.74, 6) is 0.592. The fourth-order valence-corrected chi connectivity index (χ4v) is 3.22. The number of unbranched alkanes of at least 4 members (excludes halogenated alkanes) is 2. The largest absolute Gasteiger partial charge is 0.328 e. The van der Waals surface area contributed by atoms with Crippen molar-refractivity contribution in [1.29, 1.82) is 0 Å². The monoisotopic (exact) mass is 248 g/mol. The number of rotatable bonds is 10. The summed E-state index contributed by atoms with van der Waals surface area (Å²) in [6.45, 7) is 9.00. The Labute approximate surface area is 102 Å². The predicted octanol–water partition coefficient (Wildman–Crippen LogP) is 4.93. The molecule has 0 heterocycles. The van der Waals surface area contributed by atoms with Crippen LogP contribution in [-0.4, -0.2) is 19.4 Å². The Morgan fingerprint density at radius 2 is 1.75 bits per heavy atom. The van der Waals surface area contributed by atoms with Crippen LogP contribution in [0.25, 0.3) is 0 Å². The van der Waals surface area contributed by atoms with Crippen LogP contribution in [-0.2, 0) is 9.09 Å². The van der Waals surface area contributed by atoms with Crippen molar-refractivity contribution in [2.75, 3.05) is 19.4 Å². The second kappa shape index (κ2) is 9.24. The molecular formula is C13H29O2P. The minimum absolute atomic E-state index is 0.592. The molecule has 0 aromatic rings. The van der Waals surface area contributed by atoms with Crippen LogP contribution in [0.15, 0.2) is 0 Å². The Bertz CT molecular complexity index is 204. The molecule has 2 atom stereocenters. The van der Waals surface area contributed by atoms with Gasteiger partial charge in [-0.15, -0.1) is 0 Å². The Balaban J connectivity index is 3.85. The highest BCUT2D eigenvalue weighted by atomic mass is 31.2. The third-order valence-corrected chi connectivity index (χ3v) is 4.87. The molecule has 0 aromatic heterocycles. The molecule has 0 saturated carbocycles. The van der Waals surface area contributed by atoms with Gasteiger partial charge < -0.3 is 4.52 Å². The predicted molar refractivity (Wildman–Crippen MR) is 72.6 cm³/mol. The summed E-state index contributed by atoms with van der Waals surface area (Å²) in [4.78, 5) is 0. The zero-order chi connectivity index (χ0) is 12.4. The molecule has 0 saturated heterocycles. The van der Waals surface area contributed by atoms with Gasteiger partial charge in [-0.1, -0.05) is 46.5 Å². The van der Waals surface area contributed by atoms with E-state index in [0.29, 0.717) is 12.5 Å². The van der Waals surface area contributed by atoms with Crippen LogP contribution in [0.5, 0.6) is 0 Å². The van der Waals surface area contributed by atoms with Gasteiger partial charge in [0, 0.05) is 12.8 Å². The molecule has 0 bridgehead atoms. The van der Waals surface area contributed by atoms with Gasteiger partial charge in [-0.2, -0.15) is 0 Å². The summed E-state index contributed by atoms with van der Waals surface area (Å²) in [5.41, 5.74) is 0. The van der Waals surface area contributed by atoms with Crippen LogP contribution in [0.2, 0.25) is 0 Å². The topological polar surface area (TPSA) is 26.3 Å². The Morgan fingerprint density at radius 1 is 1.12 bits per heavy atom. The first kappa shape index (κ1) is 16.2. The maximum Gasteiger partial charge on any atom is 0.200 e. The van der Waals surface area contributed by atoms with Crippen molar-refractivity contribution in [3.8, 4) is 0 Å². The van der Waals surface area contributed by atoms with Crippen LogP contribution in [0.4, 0.5) is 0 Å². The smallest absolute Gasteiger partial charge is 0.200 e. The van der Waals surface area contributed by atoms with E-state index in [9.17, 15) is 4.57 Å². The van der Waals surface area contributed by atoms with Crippen LogP contribution in [0.1, 0.15) is 59.3 Å². The van der Waals surface area contributed by atoms with Gasteiger partial charge in [-0.3, -0.25) is 4.57 Å². The summed E-state index contributed by atoms with van der Waals surface area (Å²) < 4.78 is 17.7. The van der Waals surface area contributed by atoms with Crippen LogP contribution >= 0.6 is 7.37 Å². The molecule has 16 heavy (non-hydrogen) atoms. The molecule has 0 aliphatic rings. The minimum Gasteiger partial charge on any atom is -0.328 e. The molecule has 0 spiro atoms. The lowest BCUT2D eigenvalue weighted by Crippen LogP contribution is -2.08. The molecular weight excluding hydrogens is 219 g/mol. The van der Waals surface area contributed by atoms with Crippen LogP contribution < -0.4 is 0 Å². The summed E-state index contributed by atoms with van der Waals surface area (Å²) in [6, 6.07) is 0. The first-order valence-corrected chi connectivity index (χ1v) is 9.02. The van der Waals surface area contributed by atoms with E-state index in [1.807, 2.05) is 0 Å². The normalized spacial score (nSPS) is 17.0. The molecule has 0 aliphatic heterocycles. The van der Waals surface area contributed by atoms with Gasteiger partial charge >= 0.3 is 0 Å². The maximum absolute atomic E-state index is 12.0. The van der Waals surface area contributed by atoms with E-state index in [4.69, 9.17) is 4.52 Å². The van der Waals surface area contributed by atoms with E-state index >= 15 is 0 Å². The van der Waals surface area contributed by atoms with Gasteiger partial charge in [0.05, 0.1) is 6.61 Å². The van der Waals surface area contributed by atoms with E-state index < -0.39 is 7.37 Å². The summed E-state index contributed by atoms with van der Waals surface area (Å²) in [6.07, 6.45) is 7.68. The van der Waals surface area contributed by atoms with Crippen molar-refractivity contribution < 1.29 is 9.09 Å². The first-order valence-electron chi connectivity index (χ1n) is 6.76. The van der Waals surface area contributed by atoms with Gasteiger partial charge in [0.1, 0.15) is 0 Å². The maximum atomic E-state index is 12.0. The molecule has 98 valence electrons. The molecule has 0 radical (unpaired) electrons. The van der Waals surface area contributed by atoms with Gasteiger partial charge in [-0.25, -0.2) is 0 Å². The van der Waals surface area contributed by atoms with Gasteiger partial charge in [0.15, 0.2) is 7.37 Å².